The van der Waals surface area contributed by atoms with Crippen LogP contribution in [0.15, 0.2) is 66.7 Å². The van der Waals surface area contributed by atoms with Gasteiger partial charge in [0.2, 0.25) is 0 Å². The Balaban J connectivity index is 1.43. The van der Waals surface area contributed by atoms with Crippen molar-refractivity contribution in [3.8, 4) is 17.6 Å². The van der Waals surface area contributed by atoms with E-state index >= 15 is 0 Å². The minimum Gasteiger partial charge on any atom is -0.493 e. The summed E-state index contributed by atoms with van der Waals surface area (Å²) < 4.78 is 24.7. The summed E-state index contributed by atoms with van der Waals surface area (Å²) >= 11 is 0. The zero-order valence-corrected chi connectivity index (χ0v) is 19.7. The molecule has 1 aliphatic heterocycles. The summed E-state index contributed by atoms with van der Waals surface area (Å²) in [6.07, 6.45) is 5.04. The van der Waals surface area contributed by atoms with E-state index in [-0.39, 0.29) is 11.7 Å². The molecule has 0 aliphatic carbocycles. The molecule has 1 saturated heterocycles. The van der Waals surface area contributed by atoms with Gasteiger partial charge in [-0.1, -0.05) is 30.3 Å². The van der Waals surface area contributed by atoms with Crippen molar-refractivity contribution in [2.24, 2.45) is 0 Å². The number of nitrogens with zero attached hydrogens (tertiary/aromatic N) is 2. The van der Waals surface area contributed by atoms with Crippen LogP contribution in [0, 0.1) is 17.1 Å². The number of hydrogen-bond donors (Lipinski definition) is 0. The van der Waals surface area contributed by atoms with Gasteiger partial charge in [-0.05, 0) is 78.4 Å². The Hall–Kier alpha value is -4.11. The van der Waals surface area contributed by atoms with Crippen LogP contribution in [0.25, 0.3) is 11.6 Å². The van der Waals surface area contributed by atoms with Crippen LogP contribution >= 0.6 is 0 Å². The smallest absolute Gasteiger partial charge is 0.253 e. The molecule has 5 nitrogen and oxygen atoms in total. The Kier molecular flexibility index (Phi) is 7.79. The fraction of sp³-hybridized carbons (Fsp3) is 0.241. The summed E-state index contributed by atoms with van der Waals surface area (Å²) in [6, 6.07) is 20.9. The molecule has 3 aromatic rings. The van der Waals surface area contributed by atoms with Crippen molar-refractivity contribution in [2.75, 3.05) is 20.2 Å². The highest BCUT2D eigenvalue weighted by atomic mass is 19.1. The van der Waals surface area contributed by atoms with E-state index in [0.717, 1.165) is 37.1 Å². The number of nitriles is 1. The Bertz CT molecular complexity index is 1240. The Labute approximate surface area is 205 Å². The summed E-state index contributed by atoms with van der Waals surface area (Å²) in [4.78, 5) is 14.6. The molecule has 0 spiro atoms. The average molecular weight is 471 g/mol. The maximum Gasteiger partial charge on any atom is 0.253 e. The van der Waals surface area contributed by atoms with E-state index in [1.165, 1.54) is 18.6 Å². The second-order valence-corrected chi connectivity index (χ2v) is 8.43. The van der Waals surface area contributed by atoms with E-state index in [1.807, 2.05) is 35.2 Å². The number of amides is 1. The number of ether oxygens (including phenoxy) is 2. The van der Waals surface area contributed by atoms with Gasteiger partial charge in [0.05, 0.1) is 18.8 Å². The van der Waals surface area contributed by atoms with Crippen molar-refractivity contribution in [1.29, 1.82) is 5.26 Å². The largest absolute Gasteiger partial charge is 0.493 e. The van der Waals surface area contributed by atoms with Crippen molar-refractivity contribution in [2.45, 2.75) is 25.9 Å². The number of carbonyl (C=O) groups excluding carboxylic acids is 1. The van der Waals surface area contributed by atoms with Gasteiger partial charge in [-0.3, -0.25) is 4.79 Å². The normalized spacial score (nSPS) is 13.7. The van der Waals surface area contributed by atoms with E-state index in [2.05, 4.69) is 6.07 Å². The van der Waals surface area contributed by atoms with Crippen LogP contribution in [0.1, 0.15) is 46.3 Å². The highest BCUT2D eigenvalue weighted by molar-refractivity contribution is 5.94. The molecule has 0 unspecified atom stereocenters. The lowest BCUT2D eigenvalue weighted by Gasteiger charge is -2.26. The van der Waals surface area contributed by atoms with Crippen molar-refractivity contribution in [3.63, 3.8) is 0 Å². The van der Waals surface area contributed by atoms with E-state index in [9.17, 15) is 14.4 Å². The van der Waals surface area contributed by atoms with Gasteiger partial charge in [0.25, 0.3) is 5.91 Å². The molecule has 1 amide bonds. The molecule has 4 rings (SSSR count). The van der Waals surface area contributed by atoms with Gasteiger partial charge in [-0.15, -0.1) is 0 Å². The number of halogens is 1. The molecule has 0 aromatic heterocycles. The maximum absolute atomic E-state index is 13.2. The molecule has 0 bridgehead atoms. The summed E-state index contributed by atoms with van der Waals surface area (Å²) in [6.45, 7) is 1.98. The molecule has 6 heteroatoms. The molecular weight excluding hydrogens is 443 g/mol. The molecule has 0 atom stereocenters. The molecule has 0 N–H and O–H groups in total. The van der Waals surface area contributed by atoms with Crippen molar-refractivity contribution in [1.82, 2.24) is 4.90 Å². The Morgan fingerprint density at radius 3 is 2.31 bits per heavy atom. The van der Waals surface area contributed by atoms with E-state index in [4.69, 9.17) is 9.47 Å². The number of piperidine rings is 1. The summed E-state index contributed by atoms with van der Waals surface area (Å²) in [5, 5.41) is 9.54. The van der Waals surface area contributed by atoms with Crippen LogP contribution in [0.4, 0.5) is 4.39 Å². The first-order valence-corrected chi connectivity index (χ1v) is 11.6. The molecule has 35 heavy (non-hydrogen) atoms. The van der Waals surface area contributed by atoms with Crippen LogP contribution in [0.2, 0.25) is 0 Å². The topological polar surface area (TPSA) is 62.6 Å². The molecule has 1 aliphatic rings. The Morgan fingerprint density at radius 1 is 0.971 bits per heavy atom. The van der Waals surface area contributed by atoms with Crippen LogP contribution in [-0.4, -0.2) is 31.0 Å². The predicted octanol–water partition coefficient (Wildman–Crippen LogP) is 6.10. The second kappa shape index (κ2) is 11.3. The third kappa shape index (κ3) is 6.07. The molecule has 1 fully saturated rings. The molecule has 0 radical (unpaired) electrons. The zero-order valence-electron chi connectivity index (χ0n) is 19.7. The van der Waals surface area contributed by atoms with Crippen molar-refractivity contribution < 1.29 is 18.7 Å². The first kappa shape index (κ1) is 24.0. The van der Waals surface area contributed by atoms with Gasteiger partial charge in [0.15, 0.2) is 11.5 Å². The van der Waals surface area contributed by atoms with Gasteiger partial charge in [0.1, 0.15) is 12.4 Å². The quantitative estimate of drug-likeness (QED) is 0.309. The van der Waals surface area contributed by atoms with E-state index in [0.29, 0.717) is 34.8 Å². The third-order valence-electron chi connectivity index (χ3n) is 6.01. The number of likely N-dealkylation sites (tertiary alicyclic amines) is 1. The lowest BCUT2D eigenvalue weighted by Crippen LogP contribution is -2.35. The zero-order chi connectivity index (χ0) is 24.6. The monoisotopic (exact) mass is 470 g/mol. The number of allylic oxidation sites excluding steroid dienone is 1. The van der Waals surface area contributed by atoms with Gasteiger partial charge in [-0.25, -0.2) is 4.39 Å². The van der Waals surface area contributed by atoms with Gasteiger partial charge in [0, 0.05) is 18.7 Å². The van der Waals surface area contributed by atoms with Crippen molar-refractivity contribution in [3.05, 3.63) is 94.8 Å². The third-order valence-corrected chi connectivity index (χ3v) is 6.01. The first-order chi connectivity index (χ1) is 17.1. The van der Waals surface area contributed by atoms with Crippen LogP contribution in [-0.2, 0) is 6.61 Å². The highest BCUT2D eigenvalue weighted by Gasteiger charge is 2.18. The maximum atomic E-state index is 13.2. The number of benzene rings is 3. The number of carbonyl (C=O) groups is 1. The number of methoxy groups -OCH3 is 1. The molecule has 0 saturated carbocycles. The summed E-state index contributed by atoms with van der Waals surface area (Å²) in [5.41, 5.74) is 3.44. The summed E-state index contributed by atoms with van der Waals surface area (Å²) in [7, 11) is 1.56. The van der Waals surface area contributed by atoms with Gasteiger partial charge >= 0.3 is 0 Å². The molecule has 178 valence electrons. The van der Waals surface area contributed by atoms with Crippen LogP contribution in [0.5, 0.6) is 11.5 Å². The SMILES string of the molecule is COc1cc(/C=C(/C#N)c2ccc(F)cc2)ccc1OCc1ccc(C(=O)N2CCCCC2)cc1. The predicted molar refractivity (Wildman–Crippen MR) is 133 cm³/mol. The molecular formula is C29H27FN2O3. The van der Waals surface area contributed by atoms with Crippen LogP contribution < -0.4 is 9.47 Å². The lowest BCUT2D eigenvalue weighted by molar-refractivity contribution is 0.0724. The number of rotatable bonds is 7. The summed E-state index contributed by atoms with van der Waals surface area (Å²) in [5.74, 6) is 0.836. The Morgan fingerprint density at radius 2 is 1.66 bits per heavy atom. The fourth-order valence-corrected chi connectivity index (χ4v) is 4.05. The number of hydrogen-bond acceptors (Lipinski definition) is 4. The van der Waals surface area contributed by atoms with E-state index in [1.54, 1.807) is 37.5 Å². The molecule has 3 aromatic carbocycles. The second-order valence-electron chi connectivity index (χ2n) is 8.43. The highest BCUT2D eigenvalue weighted by Crippen LogP contribution is 2.30. The molecule has 1 heterocycles. The van der Waals surface area contributed by atoms with Gasteiger partial charge < -0.3 is 14.4 Å². The standard InChI is InChI=1S/C29H27FN2O3/c1-34-28-18-22(17-25(19-31)23-10-12-26(30)13-11-23)7-14-27(28)35-20-21-5-8-24(9-6-21)29(33)32-15-3-2-4-16-32/h5-14,17-18H,2-4,15-16,20H2,1H3/b25-17-. The van der Waals surface area contributed by atoms with Crippen molar-refractivity contribution >= 4 is 17.6 Å². The fourth-order valence-electron chi connectivity index (χ4n) is 4.05. The minimum absolute atomic E-state index is 0.0832. The average Bonchev–Trinajstić information content (AvgIpc) is 2.91. The first-order valence-electron chi connectivity index (χ1n) is 11.6. The lowest BCUT2D eigenvalue weighted by atomic mass is 10.0. The minimum atomic E-state index is -0.350. The van der Waals surface area contributed by atoms with Gasteiger partial charge in [-0.2, -0.15) is 5.26 Å². The van der Waals surface area contributed by atoms with E-state index < -0.39 is 0 Å². The van der Waals surface area contributed by atoms with Crippen LogP contribution in [0.3, 0.4) is 0 Å².